The zero-order chi connectivity index (χ0) is 23.0. The van der Waals surface area contributed by atoms with Crippen LogP contribution in [0.1, 0.15) is 13.8 Å². The molecule has 0 fully saturated rings. The lowest BCUT2D eigenvalue weighted by Gasteiger charge is -2.08. The maximum Gasteiger partial charge on any atom is 0.333 e. The van der Waals surface area contributed by atoms with Crippen molar-refractivity contribution in [3.05, 3.63) is 60.7 Å². The van der Waals surface area contributed by atoms with Crippen LogP contribution in [-0.2, 0) is 19.0 Å². The first kappa shape index (κ1) is 25.0. The molecule has 0 unspecified atom stereocenters. The largest absolute Gasteiger partial charge is 0.494 e. The normalized spacial score (nSPS) is 10.8. The lowest BCUT2D eigenvalue weighted by atomic mass is 10.3. The lowest BCUT2D eigenvalue weighted by Crippen LogP contribution is -2.14. The highest BCUT2D eigenvalue weighted by atomic mass is 16.6. The number of carbonyl (C=O) groups is 1. The van der Waals surface area contributed by atoms with Gasteiger partial charge in [0.25, 0.3) is 0 Å². The van der Waals surface area contributed by atoms with Gasteiger partial charge in [0, 0.05) is 5.57 Å². The predicted octanol–water partition coefficient (Wildman–Crippen LogP) is 5.03. The molecule has 0 atom stereocenters. The molecule has 0 spiro atoms. The topological polar surface area (TPSA) is 87.9 Å². The standard InChI is InChI=1S/C24H30N2O6/c1-4-30-22-9-5-20(6-10-22)25-26-21-7-11-23(12-8-21)31-17-15-28-13-14-29-16-18-32-24(27)19(2)3/h5-12H,2,4,13-18H2,1,3H3. The van der Waals surface area contributed by atoms with Gasteiger partial charge in [-0.05, 0) is 62.4 Å². The van der Waals surface area contributed by atoms with Crippen molar-refractivity contribution in [3.63, 3.8) is 0 Å². The summed E-state index contributed by atoms with van der Waals surface area (Å²) in [5.74, 6) is 1.13. The summed E-state index contributed by atoms with van der Waals surface area (Å²) in [7, 11) is 0. The van der Waals surface area contributed by atoms with Crippen LogP contribution in [0.5, 0.6) is 11.5 Å². The molecule has 0 saturated carbocycles. The van der Waals surface area contributed by atoms with Crippen LogP contribution >= 0.6 is 0 Å². The van der Waals surface area contributed by atoms with Crippen LogP contribution in [0.2, 0.25) is 0 Å². The van der Waals surface area contributed by atoms with Crippen molar-refractivity contribution >= 4 is 17.3 Å². The van der Waals surface area contributed by atoms with Crippen molar-refractivity contribution in [2.24, 2.45) is 10.2 Å². The molecule has 32 heavy (non-hydrogen) atoms. The first-order valence-electron chi connectivity index (χ1n) is 10.4. The average molecular weight is 443 g/mol. The summed E-state index contributed by atoms with van der Waals surface area (Å²) in [4.78, 5) is 11.2. The van der Waals surface area contributed by atoms with Crippen LogP contribution in [-0.4, -0.2) is 52.2 Å². The number of hydrogen-bond acceptors (Lipinski definition) is 8. The summed E-state index contributed by atoms with van der Waals surface area (Å²) in [5.41, 5.74) is 1.85. The highest BCUT2D eigenvalue weighted by Crippen LogP contribution is 2.23. The highest BCUT2D eigenvalue weighted by Gasteiger charge is 2.02. The van der Waals surface area contributed by atoms with Crippen LogP contribution < -0.4 is 9.47 Å². The van der Waals surface area contributed by atoms with Gasteiger partial charge in [-0.25, -0.2) is 4.79 Å². The Bertz CT molecular complexity index is 850. The van der Waals surface area contributed by atoms with Crippen LogP contribution in [0.25, 0.3) is 0 Å². The Labute approximate surface area is 188 Å². The van der Waals surface area contributed by atoms with Gasteiger partial charge in [-0.2, -0.15) is 10.2 Å². The zero-order valence-corrected chi connectivity index (χ0v) is 18.6. The van der Waals surface area contributed by atoms with Crippen molar-refractivity contribution in [1.82, 2.24) is 0 Å². The zero-order valence-electron chi connectivity index (χ0n) is 18.6. The number of esters is 1. The smallest absolute Gasteiger partial charge is 0.333 e. The number of hydrogen-bond donors (Lipinski definition) is 0. The van der Waals surface area contributed by atoms with E-state index in [0.29, 0.717) is 45.2 Å². The minimum Gasteiger partial charge on any atom is -0.494 e. The molecule has 0 aliphatic carbocycles. The number of nitrogens with zero attached hydrogens (tertiary/aromatic N) is 2. The molecule has 0 heterocycles. The van der Waals surface area contributed by atoms with E-state index in [1.54, 1.807) is 6.92 Å². The van der Waals surface area contributed by atoms with E-state index in [9.17, 15) is 4.79 Å². The van der Waals surface area contributed by atoms with Crippen molar-refractivity contribution in [2.75, 3.05) is 46.2 Å². The fraction of sp³-hybridized carbons (Fsp3) is 0.375. The monoisotopic (exact) mass is 442 g/mol. The van der Waals surface area contributed by atoms with Gasteiger partial charge in [0.1, 0.15) is 24.7 Å². The van der Waals surface area contributed by atoms with Gasteiger partial charge in [-0.3, -0.25) is 0 Å². The number of rotatable bonds is 15. The van der Waals surface area contributed by atoms with Crippen LogP contribution in [0.3, 0.4) is 0 Å². The highest BCUT2D eigenvalue weighted by molar-refractivity contribution is 5.86. The maximum absolute atomic E-state index is 11.2. The first-order chi connectivity index (χ1) is 15.6. The summed E-state index contributed by atoms with van der Waals surface area (Å²) in [6.45, 7) is 9.91. The maximum atomic E-state index is 11.2. The SMILES string of the molecule is C=C(C)C(=O)OCCOCCOCCOc1ccc(N=Nc2ccc(OCC)cc2)cc1. The molecular formula is C24H30N2O6. The van der Waals surface area contributed by atoms with Crippen molar-refractivity contribution in [1.29, 1.82) is 0 Å². The molecule has 0 aliphatic heterocycles. The minimum absolute atomic E-state index is 0.199. The van der Waals surface area contributed by atoms with Crippen molar-refractivity contribution in [3.8, 4) is 11.5 Å². The van der Waals surface area contributed by atoms with Gasteiger partial charge in [0.15, 0.2) is 0 Å². The molecule has 2 aromatic carbocycles. The van der Waals surface area contributed by atoms with Gasteiger partial charge < -0.3 is 23.7 Å². The second-order valence-electron chi connectivity index (χ2n) is 6.61. The molecule has 172 valence electrons. The molecule has 8 heteroatoms. The van der Waals surface area contributed by atoms with E-state index in [1.165, 1.54) is 0 Å². The third kappa shape index (κ3) is 10.2. The molecule has 0 radical (unpaired) electrons. The van der Waals surface area contributed by atoms with E-state index >= 15 is 0 Å². The molecule has 0 amide bonds. The lowest BCUT2D eigenvalue weighted by molar-refractivity contribution is -0.140. The van der Waals surface area contributed by atoms with Crippen molar-refractivity contribution in [2.45, 2.75) is 13.8 Å². The Morgan fingerprint density at radius 3 is 1.72 bits per heavy atom. The fourth-order valence-electron chi connectivity index (χ4n) is 2.36. The molecule has 0 bridgehead atoms. The van der Waals surface area contributed by atoms with E-state index in [-0.39, 0.29) is 6.61 Å². The Hall–Kier alpha value is -3.23. The van der Waals surface area contributed by atoms with Crippen LogP contribution in [0, 0.1) is 0 Å². The third-order valence-electron chi connectivity index (χ3n) is 3.94. The fourth-order valence-corrected chi connectivity index (χ4v) is 2.36. The Morgan fingerprint density at radius 2 is 1.22 bits per heavy atom. The summed E-state index contributed by atoms with van der Waals surface area (Å²) in [5, 5.41) is 8.44. The number of benzene rings is 2. The van der Waals surface area contributed by atoms with E-state index < -0.39 is 5.97 Å². The number of ether oxygens (including phenoxy) is 5. The van der Waals surface area contributed by atoms with Crippen LogP contribution in [0.4, 0.5) is 11.4 Å². The molecule has 0 aliphatic rings. The predicted molar refractivity (Wildman–Crippen MR) is 121 cm³/mol. The minimum atomic E-state index is -0.411. The molecule has 2 aromatic rings. The van der Waals surface area contributed by atoms with Gasteiger partial charge >= 0.3 is 5.97 Å². The third-order valence-corrected chi connectivity index (χ3v) is 3.94. The molecule has 0 aromatic heterocycles. The second kappa shape index (κ2) is 14.7. The Balaban J connectivity index is 1.55. The van der Waals surface area contributed by atoms with Gasteiger partial charge in [0.05, 0.1) is 44.4 Å². The molecule has 0 N–H and O–H groups in total. The number of azo groups is 1. The van der Waals surface area contributed by atoms with Gasteiger partial charge in [-0.15, -0.1) is 0 Å². The second-order valence-corrected chi connectivity index (χ2v) is 6.61. The number of carbonyl (C=O) groups excluding carboxylic acids is 1. The van der Waals surface area contributed by atoms with Crippen molar-refractivity contribution < 1.29 is 28.5 Å². The first-order valence-corrected chi connectivity index (χ1v) is 10.4. The Morgan fingerprint density at radius 1 is 0.750 bits per heavy atom. The van der Waals surface area contributed by atoms with Crippen LogP contribution in [0.15, 0.2) is 70.9 Å². The quantitative estimate of drug-likeness (QED) is 0.166. The molecule has 0 saturated heterocycles. The van der Waals surface area contributed by atoms with E-state index in [1.807, 2.05) is 55.5 Å². The van der Waals surface area contributed by atoms with E-state index in [4.69, 9.17) is 23.7 Å². The summed E-state index contributed by atoms with van der Waals surface area (Å²) in [6, 6.07) is 14.8. The summed E-state index contributed by atoms with van der Waals surface area (Å²) < 4.78 is 26.7. The van der Waals surface area contributed by atoms with Gasteiger partial charge in [-0.1, -0.05) is 6.58 Å². The summed E-state index contributed by atoms with van der Waals surface area (Å²) in [6.07, 6.45) is 0. The average Bonchev–Trinajstić information content (AvgIpc) is 2.80. The van der Waals surface area contributed by atoms with Gasteiger partial charge in [0.2, 0.25) is 0 Å². The van der Waals surface area contributed by atoms with E-state index in [2.05, 4.69) is 16.8 Å². The molecule has 8 nitrogen and oxygen atoms in total. The summed E-state index contributed by atoms with van der Waals surface area (Å²) >= 11 is 0. The Kier molecular flexibility index (Phi) is 11.5. The van der Waals surface area contributed by atoms with E-state index in [0.717, 1.165) is 22.9 Å². The molecular weight excluding hydrogens is 412 g/mol. The molecule has 2 rings (SSSR count).